The van der Waals surface area contributed by atoms with Crippen molar-refractivity contribution in [2.75, 3.05) is 7.05 Å². The molecular weight excluding hydrogens is 212 g/mol. The Morgan fingerprint density at radius 2 is 1.50 bits per heavy atom. The van der Waals surface area contributed by atoms with E-state index in [2.05, 4.69) is 5.32 Å². The molecule has 0 amide bonds. The van der Waals surface area contributed by atoms with E-state index in [4.69, 9.17) is 0 Å². The van der Waals surface area contributed by atoms with Gasteiger partial charge in [-0.2, -0.15) is 26.3 Å². The second kappa shape index (κ2) is 4.86. The van der Waals surface area contributed by atoms with Crippen LogP contribution in [-0.2, 0) is 0 Å². The Labute approximate surface area is 77.5 Å². The van der Waals surface area contributed by atoms with Crippen molar-refractivity contribution in [2.45, 2.75) is 37.7 Å². The molecule has 0 bridgehead atoms. The van der Waals surface area contributed by atoms with E-state index in [1.807, 2.05) is 0 Å². The molecule has 0 saturated heterocycles. The van der Waals surface area contributed by atoms with Gasteiger partial charge in [-0.3, -0.25) is 0 Å². The van der Waals surface area contributed by atoms with Crippen LogP contribution in [0.25, 0.3) is 0 Å². The first-order chi connectivity index (χ1) is 6.14. The molecule has 14 heavy (non-hydrogen) atoms. The zero-order valence-corrected chi connectivity index (χ0v) is 7.47. The van der Waals surface area contributed by atoms with Crippen molar-refractivity contribution < 1.29 is 26.3 Å². The Morgan fingerprint density at radius 1 is 1.00 bits per heavy atom. The van der Waals surface area contributed by atoms with E-state index in [1.165, 1.54) is 7.05 Å². The van der Waals surface area contributed by atoms with Gasteiger partial charge in [0.05, 0.1) is 6.42 Å². The Morgan fingerprint density at radius 3 is 1.79 bits per heavy atom. The third-order valence-corrected chi connectivity index (χ3v) is 1.66. The first kappa shape index (κ1) is 13.5. The fourth-order valence-electron chi connectivity index (χ4n) is 0.966. The standard InChI is InChI=1S/C7H11F6N/c1-14-5(4-7(11,12)13)2-3-6(8,9)10/h5,14H,2-4H2,1H3. The van der Waals surface area contributed by atoms with Crippen LogP contribution in [0.2, 0.25) is 0 Å². The fourth-order valence-corrected chi connectivity index (χ4v) is 0.966. The molecule has 0 spiro atoms. The van der Waals surface area contributed by atoms with Gasteiger partial charge in [-0.15, -0.1) is 0 Å². The normalized spacial score (nSPS) is 15.6. The summed E-state index contributed by atoms with van der Waals surface area (Å²) in [6.45, 7) is 0. The van der Waals surface area contributed by atoms with Crippen LogP contribution >= 0.6 is 0 Å². The Bertz CT molecular complexity index is 161. The van der Waals surface area contributed by atoms with E-state index >= 15 is 0 Å². The predicted molar refractivity (Wildman–Crippen MR) is 38.8 cm³/mol. The lowest BCUT2D eigenvalue weighted by Crippen LogP contribution is -2.32. The van der Waals surface area contributed by atoms with Gasteiger partial charge in [0.25, 0.3) is 0 Å². The van der Waals surface area contributed by atoms with Crippen LogP contribution in [-0.4, -0.2) is 25.4 Å². The van der Waals surface area contributed by atoms with Gasteiger partial charge in [-0.1, -0.05) is 0 Å². The van der Waals surface area contributed by atoms with Crippen molar-refractivity contribution in [3.8, 4) is 0 Å². The van der Waals surface area contributed by atoms with E-state index < -0.39 is 37.7 Å². The van der Waals surface area contributed by atoms with Crippen molar-refractivity contribution in [2.24, 2.45) is 0 Å². The lowest BCUT2D eigenvalue weighted by Gasteiger charge is -2.18. The van der Waals surface area contributed by atoms with Gasteiger partial charge in [-0.25, -0.2) is 0 Å². The lowest BCUT2D eigenvalue weighted by molar-refractivity contribution is -0.151. The van der Waals surface area contributed by atoms with E-state index in [0.29, 0.717) is 0 Å². The maximum absolute atomic E-state index is 11.8. The molecule has 0 aromatic carbocycles. The van der Waals surface area contributed by atoms with Crippen LogP contribution in [0, 0.1) is 0 Å². The number of alkyl halides is 6. The maximum Gasteiger partial charge on any atom is 0.390 e. The number of rotatable bonds is 4. The second-order valence-corrected chi connectivity index (χ2v) is 2.96. The van der Waals surface area contributed by atoms with Gasteiger partial charge in [0.1, 0.15) is 0 Å². The zero-order chi connectivity index (χ0) is 11.4. The van der Waals surface area contributed by atoms with Gasteiger partial charge in [0.15, 0.2) is 0 Å². The highest BCUT2D eigenvalue weighted by molar-refractivity contribution is 4.70. The lowest BCUT2D eigenvalue weighted by atomic mass is 10.1. The molecule has 86 valence electrons. The first-order valence-corrected chi connectivity index (χ1v) is 3.95. The van der Waals surface area contributed by atoms with Gasteiger partial charge >= 0.3 is 12.4 Å². The van der Waals surface area contributed by atoms with Crippen molar-refractivity contribution in [1.82, 2.24) is 5.32 Å². The van der Waals surface area contributed by atoms with Crippen LogP contribution in [0.1, 0.15) is 19.3 Å². The molecule has 0 fully saturated rings. The molecule has 0 aromatic rings. The molecule has 0 aliphatic heterocycles. The smallest absolute Gasteiger partial charge is 0.317 e. The minimum Gasteiger partial charge on any atom is -0.317 e. The van der Waals surface area contributed by atoms with Gasteiger partial charge in [-0.05, 0) is 13.5 Å². The van der Waals surface area contributed by atoms with E-state index in [0.717, 1.165) is 0 Å². The van der Waals surface area contributed by atoms with Crippen molar-refractivity contribution in [3.63, 3.8) is 0 Å². The summed E-state index contributed by atoms with van der Waals surface area (Å²) in [4.78, 5) is 0. The van der Waals surface area contributed by atoms with Crippen molar-refractivity contribution >= 4 is 0 Å². The van der Waals surface area contributed by atoms with E-state index in [9.17, 15) is 26.3 Å². The van der Waals surface area contributed by atoms with Crippen LogP contribution in [0.4, 0.5) is 26.3 Å². The minimum atomic E-state index is -4.43. The number of halogens is 6. The molecule has 1 atom stereocenters. The first-order valence-electron chi connectivity index (χ1n) is 3.95. The molecule has 0 aromatic heterocycles. The number of hydrogen-bond acceptors (Lipinski definition) is 1. The number of hydrogen-bond donors (Lipinski definition) is 1. The van der Waals surface area contributed by atoms with Gasteiger partial charge < -0.3 is 5.32 Å². The Kier molecular flexibility index (Phi) is 4.70. The average Bonchev–Trinajstić information content (AvgIpc) is 1.94. The molecule has 7 heteroatoms. The van der Waals surface area contributed by atoms with Crippen LogP contribution in [0.5, 0.6) is 0 Å². The highest BCUT2D eigenvalue weighted by Gasteiger charge is 2.34. The SMILES string of the molecule is CNC(CCC(F)(F)F)CC(F)(F)F. The quantitative estimate of drug-likeness (QED) is 0.722. The molecule has 0 radical (unpaired) electrons. The molecule has 1 nitrogen and oxygen atoms in total. The molecule has 0 saturated carbocycles. The largest absolute Gasteiger partial charge is 0.390 e. The van der Waals surface area contributed by atoms with Crippen LogP contribution in [0.3, 0.4) is 0 Å². The van der Waals surface area contributed by atoms with Crippen LogP contribution in [0.15, 0.2) is 0 Å². The maximum atomic E-state index is 11.8. The Balaban J connectivity index is 3.93. The molecule has 0 heterocycles. The Hall–Kier alpha value is -0.460. The minimum absolute atomic E-state index is 0.556. The summed E-state index contributed by atoms with van der Waals surface area (Å²) in [6, 6.07) is -1.17. The molecule has 0 aliphatic carbocycles. The summed E-state index contributed by atoms with van der Waals surface area (Å²) >= 11 is 0. The predicted octanol–water partition coefficient (Wildman–Crippen LogP) is 2.87. The summed E-state index contributed by atoms with van der Waals surface area (Å²) in [5, 5.41) is 2.21. The van der Waals surface area contributed by atoms with E-state index in [-0.39, 0.29) is 0 Å². The fraction of sp³-hybridized carbons (Fsp3) is 1.00. The highest BCUT2D eigenvalue weighted by atomic mass is 19.4. The number of nitrogens with one attached hydrogen (secondary N) is 1. The summed E-state index contributed by atoms with van der Waals surface area (Å²) in [5.74, 6) is 0. The third kappa shape index (κ3) is 8.15. The molecule has 1 unspecified atom stereocenters. The molecule has 0 aliphatic rings. The van der Waals surface area contributed by atoms with Crippen molar-refractivity contribution in [1.29, 1.82) is 0 Å². The topological polar surface area (TPSA) is 12.0 Å². The van der Waals surface area contributed by atoms with Gasteiger partial charge in [0, 0.05) is 12.5 Å². The molecule has 1 N–H and O–H groups in total. The molecular formula is C7H11F6N. The summed E-state index contributed by atoms with van der Waals surface area (Å²) in [7, 11) is 1.22. The summed E-state index contributed by atoms with van der Waals surface area (Å²) in [6.07, 6.45) is -11.8. The average molecular weight is 223 g/mol. The van der Waals surface area contributed by atoms with E-state index in [1.54, 1.807) is 0 Å². The zero-order valence-electron chi connectivity index (χ0n) is 7.47. The second-order valence-electron chi connectivity index (χ2n) is 2.96. The molecule has 0 rings (SSSR count). The van der Waals surface area contributed by atoms with Gasteiger partial charge in [0.2, 0.25) is 0 Å². The highest BCUT2D eigenvalue weighted by Crippen LogP contribution is 2.27. The van der Waals surface area contributed by atoms with Crippen LogP contribution < -0.4 is 5.32 Å². The van der Waals surface area contributed by atoms with Crippen molar-refractivity contribution in [3.05, 3.63) is 0 Å². The monoisotopic (exact) mass is 223 g/mol. The summed E-state index contributed by atoms with van der Waals surface area (Å²) in [5.41, 5.74) is 0. The third-order valence-electron chi connectivity index (χ3n) is 1.66. The summed E-state index contributed by atoms with van der Waals surface area (Å²) < 4.78 is 70.4.